The topological polar surface area (TPSA) is 81.4 Å². The van der Waals surface area contributed by atoms with Gasteiger partial charge in [-0.1, -0.05) is 12.1 Å². The van der Waals surface area contributed by atoms with E-state index in [1.807, 2.05) is 25.1 Å². The first kappa shape index (κ1) is 14.4. The van der Waals surface area contributed by atoms with Gasteiger partial charge in [0.1, 0.15) is 11.8 Å². The third kappa shape index (κ3) is 2.48. The number of rotatable bonds is 5. The summed E-state index contributed by atoms with van der Waals surface area (Å²) in [6.45, 7) is 3.55. The molecule has 20 heavy (non-hydrogen) atoms. The highest BCUT2D eigenvalue weighted by molar-refractivity contribution is 5.94. The molecule has 0 aromatic heterocycles. The zero-order valence-electron chi connectivity index (χ0n) is 12.0. The van der Waals surface area contributed by atoms with Crippen LogP contribution in [0.15, 0.2) is 18.2 Å². The summed E-state index contributed by atoms with van der Waals surface area (Å²) in [7, 11) is 1.61. The Morgan fingerprint density at radius 3 is 2.55 bits per heavy atom. The second-order valence-corrected chi connectivity index (χ2v) is 5.36. The van der Waals surface area contributed by atoms with Crippen LogP contribution in [0.4, 0.5) is 0 Å². The van der Waals surface area contributed by atoms with Crippen LogP contribution in [0.1, 0.15) is 30.9 Å². The Balaban J connectivity index is 2.23. The van der Waals surface area contributed by atoms with E-state index in [9.17, 15) is 9.59 Å². The number of benzene rings is 1. The molecule has 0 spiro atoms. The van der Waals surface area contributed by atoms with Crippen molar-refractivity contribution in [2.45, 2.75) is 38.1 Å². The van der Waals surface area contributed by atoms with E-state index in [1.54, 1.807) is 14.0 Å². The van der Waals surface area contributed by atoms with Gasteiger partial charge in [-0.05, 0) is 43.9 Å². The molecule has 5 nitrogen and oxygen atoms in total. The number of primary amides is 1. The van der Waals surface area contributed by atoms with Crippen LogP contribution in [-0.4, -0.2) is 25.0 Å². The van der Waals surface area contributed by atoms with E-state index >= 15 is 0 Å². The Kier molecular flexibility index (Phi) is 3.70. The maximum atomic E-state index is 12.4. The maximum absolute atomic E-state index is 12.4. The molecule has 1 aromatic carbocycles. The van der Waals surface area contributed by atoms with Crippen molar-refractivity contribution in [3.05, 3.63) is 29.3 Å². The average molecular weight is 276 g/mol. The first-order valence-electron chi connectivity index (χ1n) is 6.66. The quantitative estimate of drug-likeness (QED) is 0.842. The molecule has 1 aliphatic carbocycles. The number of ether oxygens (including phenoxy) is 1. The van der Waals surface area contributed by atoms with Gasteiger partial charge in [0, 0.05) is 0 Å². The third-order valence-electron chi connectivity index (χ3n) is 3.92. The molecule has 0 heterocycles. The van der Waals surface area contributed by atoms with Crippen molar-refractivity contribution in [3.63, 3.8) is 0 Å². The van der Waals surface area contributed by atoms with Crippen molar-refractivity contribution in [2.75, 3.05) is 7.11 Å². The van der Waals surface area contributed by atoms with Crippen LogP contribution >= 0.6 is 0 Å². The lowest BCUT2D eigenvalue weighted by Crippen LogP contribution is -2.46. The Morgan fingerprint density at radius 2 is 2.05 bits per heavy atom. The number of amides is 2. The van der Waals surface area contributed by atoms with E-state index in [1.165, 1.54) is 0 Å². The summed E-state index contributed by atoms with van der Waals surface area (Å²) in [6, 6.07) is 5.13. The van der Waals surface area contributed by atoms with E-state index in [0.29, 0.717) is 0 Å². The number of carbonyl (C=O) groups excluding carboxylic acids is 2. The molecule has 2 amide bonds. The molecular weight excluding hydrogens is 256 g/mol. The molecule has 5 heteroatoms. The summed E-state index contributed by atoms with van der Waals surface area (Å²) >= 11 is 0. The number of nitrogens with one attached hydrogen (secondary N) is 1. The maximum Gasteiger partial charge on any atom is 0.239 e. The van der Waals surface area contributed by atoms with Gasteiger partial charge in [0.2, 0.25) is 11.8 Å². The van der Waals surface area contributed by atoms with Crippen molar-refractivity contribution in [2.24, 2.45) is 5.73 Å². The molecule has 108 valence electrons. The van der Waals surface area contributed by atoms with Gasteiger partial charge in [-0.3, -0.25) is 9.59 Å². The average Bonchev–Trinajstić information content (AvgIpc) is 3.20. The number of aryl methyl sites for hydroxylation is 1. The number of hydrogen-bond donors (Lipinski definition) is 2. The highest BCUT2D eigenvalue weighted by Gasteiger charge is 2.51. The summed E-state index contributed by atoms with van der Waals surface area (Å²) in [5.41, 5.74) is 6.59. The second-order valence-electron chi connectivity index (χ2n) is 5.36. The minimum atomic E-state index is -0.660. The van der Waals surface area contributed by atoms with Gasteiger partial charge >= 0.3 is 0 Å². The molecule has 0 bridgehead atoms. The largest absolute Gasteiger partial charge is 0.496 e. The molecule has 1 fully saturated rings. The highest BCUT2D eigenvalue weighted by atomic mass is 16.5. The van der Waals surface area contributed by atoms with Crippen molar-refractivity contribution in [1.29, 1.82) is 0 Å². The van der Waals surface area contributed by atoms with E-state index in [2.05, 4.69) is 5.32 Å². The standard InChI is InChI=1S/C15H20N2O3/c1-9-4-5-11(8-12(9)20-3)15(6-7-15)14(19)17-10(2)13(16)18/h4-5,8,10H,6-7H2,1-3H3,(H2,16,18)(H,17,19)/t10-/m0/s1. The van der Waals surface area contributed by atoms with Gasteiger partial charge in [-0.25, -0.2) is 0 Å². The van der Waals surface area contributed by atoms with Crippen LogP contribution in [0.5, 0.6) is 5.75 Å². The minimum absolute atomic E-state index is 0.144. The summed E-state index contributed by atoms with van der Waals surface area (Å²) in [5.74, 6) is 0.0925. The lowest BCUT2D eigenvalue weighted by molar-refractivity contribution is -0.128. The molecule has 0 saturated heterocycles. The summed E-state index contributed by atoms with van der Waals surface area (Å²) in [4.78, 5) is 23.4. The van der Waals surface area contributed by atoms with Gasteiger partial charge in [0.15, 0.2) is 0 Å². The van der Waals surface area contributed by atoms with Crippen LogP contribution in [0.2, 0.25) is 0 Å². The molecule has 2 rings (SSSR count). The zero-order chi connectivity index (χ0) is 14.9. The van der Waals surface area contributed by atoms with Gasteiger partial charge in [0.05, 0.1) is 12.5 Å². The van der Waals surface area contributed by atoms with Crippen molar-refractivity contribution in [1.82, 2.24) is 5.32 Å². The van der Waals surface area contributed by atoms with Crippen LogP contribution in [0.3, 0.4) is 0 Å². The van der Waals surface area contributed by atoms with Gasteiger partial charge in [-0.2, -0.15) is 0 Å². The Labute approximate surface area is 118 Å². The Morgan fingerprint density at radius 1 is 1.40 bits per heavy atom. The van der Waals surface area contributed by atoms with E-state index in [4.69, 9.17) is 10.5 Å². The summed E-state index contributed by atoms with van der Waals surface area (Å²) < 4.78 is 5.30. The van der Waals surface area contributed by atoms with Crippen molar-refractivity contribution < 1.29 is 14.3 Å². The predicted octanol–water partition coefficient (Wildman–Crippen LogP) is 1.03. The van der Waals surface area contributed by atoms with E-state index in [-0.39, 0.29) is 5.91 Å². The molecule has 1 aromatic rings. The lowest BCUT2D eigenvalue weighted by atomic mass is 9.93. The lowest BCUT2D eigenvalue weighted by Gasteiger charge is -2.19. The highest BCUT2D eigenvalue weighted by Crippen LogP contribution is 2.49. The number of hydrogen-bond acceptors (Lipinski definition) is 3. The monoisotopic (exact) mass is 276 g/mol. The summed E-state index contributed by atoms with van der Waals surface area (Å²) in [6.07, 6.45) is 1.55. The fourth-order valence-corrected chi connectivity index (χ4v) is 2.30. The Bertz CT molecular complexity index is 550. The smallest absolute Gasteiger partial charge is 0.239 e. The molecule has 1 atom stereocenters. The van der Waals surface area contributed by atoms with Crippen molar-refractivity contribution >= 4 is 11.8 Å². The molecule has 1 saturated carbocycles. The van der Waals surface area contributed by atoms with Crippen LogP contribution in [0.25, 0.3) is 0 Å². The fourth-order valence-electron chi connectivity index (χ4n) is 2.30. The first-order valence-corrected chi connectivity index (χ1v) is 6.66. The van der Waals surface area contributed by atoms with Crippen LogP contribution in [0, 0.1) is 6.92 Å². The first-order chi connectivity index (χ1) is 9.40. The molecule has 0 aliphatic heterocycles. The molecular formula is C15H20N2O3. The molecule has 3 N–H and O–H groups in total. The zero-order valence-corrected chi connectivity index (χ0v) is 12.0. The number of nitrogens with two attached hydrogens (primary N) is 1. The number of methoxy groups -OCH3 is 1. The van der Waals surface area contributed by atoms with Gasteiger partial charge in [0.25, 0.3) is 0 Å². The van der Waals surface area contributed by atoms with Gasteiger partial charge < -0.3 is 15.8 Å². The van der Waals surface area contributed by atoms with E-state index < -0.39 is 17.4 Å². The predicted molar refractivity (Wildman–Crippen MR) is 75.4 cm³/mol. The van der Waals surface area contributed by atoms with Crippen molar-refractivity contribution in [3.8, 4) is 5.75 Å². The second kappa shape index (κ2) is 5.15. The molecule has 0 radical (unpaired) electrons. The summed E-state index contributed by atoms with van der Waals surface area (Å²) in [5, 5.41) is 2.68. The number of carbonyl (C=O) groups is 2. The SMILES string of the molecule is COc1cc(C2(C(=O)N[C@@H](C)C(N)=O)CC2)ccc1C. The van der Waals surface area contributed by atoms with Gasteiger partial charge in [-0.15, -0.1) is 0 Å². The van der Waals surface area contributed by atoms with Crippen LogP contribution < -0.4 is 15.8 Å². The Hall–Kier alpha value is -2.04. The third-order valence-corrected chi connectivity index (χ3v) is 3.92. The molecule has 0 unspecified atom stereocenters. The fraction of sp³-hybridized carbons (Fsp3) is 0.467. The van der Waals surface area contributed by atoms with Crippen LogP contribution in [-0.2, 0) is 15.0 Å². The minimum Gasteiger partial charge on any atom is -0.496 e. The normalized spacial score (nSPS) is 17.1. The molecule has 1 aliphatic rings. The van der Waals surface area contributed by atoms with E-state index in [0.717, 1.165) is 29.7 Å².